The van der Waals surface area contributed by atoms with E-state index >= 15 is 0 Å². The Morgan fingerprint density at radius 3 is 2.64 bits per heavy atom. The summed E-state index contributed by atoms with van der Waals surface area (Å²) in [5, 5.41) is 4.13. The molecule has 2 aromatic rings. The van der Waals surface area contributed by atoms with Crippen LogP contribution in [0.2, 0.25) is 0 Å². The average Bonchev–Trinajstić information content (AvgIpc) is 2.58. The lowest BCUT2D eigenvalue weighted by atomic mass is 10.2. The van der Waals surface area contributed by atoms with E-state index in [1.54, 1.807) is 0 Å². The standard InChI is InChI=1S/C8H12N6/c1-4-5(2)11-8(10)14-7(4)12-6(3-9)13-14/h3,9H2,1-2H3,(H2,10,11). The van der Waals surface area contributed by atoms with Gasteiger partial charge in [-0.05, 0) is 13.8 Å². The van der Waals surface area contributed by atoms with Gasteiger partial charge >= 0.3 is 0 Å². The number of hydrogen-bond donors (Lipinski definition) is 2. The number of nitrogens with zero attached hydrogens (tertiary/aromatic N) is 4. The highest BCUT2D eigenvalue weighted by molar-refractivity contribution is 5.52. The first-order valence-electron chi connectivity index (χ1n) is 4.32. The summed E-state index contributed by atoms with van der Waals surface area (Å²) in [5.41, 5.74) is 13.7. The van der Waals surface area contributed by atoms with Gasteiger partial charge in [-0.25, -0.2) is 9.97 Å². The highest BCUT2D eigenvalue weighted by Crippen LogP contribution is 2.13. The first-order valence-corrected chi connectivity index (χ1v) is 4.32. The van der Waals surface area contributed by atoms with Crippen molar-refractivity contribution in [3.8, 4) is 0 Å². The van der Waals surface area contributed by atoms with Crippen LogP contribution in [-0.4, -0.2) is 19.6 Å². The van der Waals surface area contributed by atoms with Crippen molar-refractivity contribution in [3.63, 3.8) is 0 Å². The summed E-state index contributed by atoms with van der Waals surface area (Å²) in [6.45, 7) is 4.13. The molecule has 14 heavy (non-hydrogen) atoms. The first-order chi connectivity index (χ1) is 6.63. The molecule has 0 radical (unpaired) electrons. The molecule has 0 spiro atoms. The monoisotopic (exact) mass is 192 g/mol. The molecule has 0 fully saturated rings. The maximum atomic E-state index is 5.70. The Labute approximate surface area is 81.0 Å². The van der Waals surface area contributed by atoms with Crippen molar-refractivity contribution in [2.24, 2.45) is 5.73 Å². The maximum absolute atomic E-state index is 5.70. The number of nitrogens with two attached hydrogens (primary N) is 2. The van der Waals surface area contributed by atoms with Gasteiger partial charge in [-0.3, -0.25) is 0 Å². The van der Waals surface area contributed by atoms with E-state index < -0.39 is 0 Å². The van der Waals surface area contributed by atoms with Gasteiger partial charge in [0.2, 0.25) is 5.95 Å². The van der Waals surface area contributed by atoms with E-state index in [2.05, 4.69) is 15.1 Å². The zero-order valence-corrected chi connectivity index (χ0v) is 8.15. The summed E-state index contributed by atoms with van der Waals surface area (Å²) >= 11 is 0. The molecule has 0 saturated carbocycles. The number of anilines is 1. The molecule has 0 amide bonds. The normalized spacial score (nSPS) is 11.1. The second-order valence-electron chi connectivity index (χ2n) is 3.15. The van der Waals surface area contributed by atoms with Crippen molar-refractivity contribution in [2.75, 3.05) is 5.73 Å². The summed E-state index contributed by atoms with van der Waals surface area (Å²) in [4.78, 5) is 8.41. The molecule has 74 valence electrons. The Hall–Kier alpha value is -1.69. The van der Waals surface area contributed by atoms with Crippen molar-refractivity contribution in [2.45, 2.75) is 20.4 Å². The lowest BCUT2D eigenvalue weighted by Gasteiger charge is -2.02. The van der Waals surface area contributed by atoms with E-state index in [0.717, 1.165) is 16.9 Å². The van der Waals surface area contributed by atoms with Gasteiger partial charge < -0.3 is 11.5 Å². The van der Waals surface area contributed by atoms with Gasteiger partial charge in [0.15, 0.2) is 11.5 Å². The largest absolute Gasteiger partial charge is 0.368 e. The zero-order valence-electron chi connectivity index (χ0n) is 8.15. The Morgan fingerprint density at radius 2 is 2.00 bits per heavy atom. The third-order valence-electron chi connectivity index (χ3n) is 2.21. The van der Waals surface area contributed by atoms with Crippen molar-refractivity contribution in [1.82, 2.24) is 19.6 Å². The van der Waals surface area contributed by atoms with E-state index in [4.69, 9.17) is 11.5 Å². The van der Waals surface area contributed by atoms with Crippen LogP contribution in [-0.2, 0) is 6.54 Å². The molecule has 2 aromatic heterocycles. The van der Waals surface area contributed by atoms with Gasteiger partial charge in [0.1, 0.15) is 0 Å². The third-order valence-corrected chi connectivity index (χ3v) is 2.21. The Bertz CT molecular complexity index is 486. The minimum absolute atomic E-state index is 0.305. The topological polar surface area (TPSA) is 95.1 Å². The highest BCUT2D eigenvalue weighted by Gasteiger charge is 2.10. The molecule has 0 aromatic carbocycles. The van der Waals surface area contributed by atoms with Crippen molar-refractivity contribution < 1.29 is 0 Å². The molecule has 0 atom stereocenters. The van der Waals surface area contributed by atoms with E-state index in [1.165, 1.54) is 4.52 Å². The fourth-order valence-electron chi connectivity index (χ4n) is 1.31. The molecule has 0 saturated heterocycles. The number of nitrogen functional groups attached to an aromatic ring is 1. The average molecular weight is 192 g/mol. The molecule has 0 aliphatic carbocycles. The Kier molecular flexibility index (Phi) is 1.85. The van der Waals surface area contributed by atoms with Crippen molar-refractivity contribution in [3.05, 3.63) is 17.1 Å². The van der Waals surface area contributed by atoms with Gasteiger partial charge in [-0.1, -0.05) is 0 Å². The molecule has 4 N–H and O–H groups in total. The van der Waals surface area contributed by atoms with E-state index in [-0.39, 0.29) is 0 Å². The van der Waals surface area contributed by atoms with Crippen LogP contribution in [0.4, 0.5) is 5.95 Å². The minimum Gasteiger partial charge on any atom is -0.368 e. The molecular formula is C8H12N6. The summed E-state index contributed by atoms with van der Waals surface area (Å²) < 4.78 is 1.52. The predicted molar refractivity (Wildman–Crippen MR) is 52.6 cm³/mol. The molecule has 2 rings (SSSR count). The molecule has 6 heteroatoms. The van der Waals surface area contributed by atoms with Crippen LogP contribution in [0.25, 0.3) is 5.65 Å². The van der Waals surface area contributed by atoms with Crippen LogP contribution >= 0.6 is 0 Å². The summed E-state index contributed by atoms with van der Waals surface area (Å²) in [7, 11) is 0. The van der Waals surface area contributed by atoms with Crippen LogP contribution < -0.4 is 11.5 Å². The quantitative estimate of drug-likeness (QED) is 0.651. The number of aryl methyl sites for hydroxylation is 2. The third kappa shape index (κ3) is 1.12. The fourth-order valence-corrected chi connectivity index (χ4v) is 1.31. The van der Waals surface area contributed by atoms with Crippen LogP contribution in [0.3, 0.4) is 0 Å². The smallest absolute Gasteiger partial charge is 0.223 e. The SMILES string of the molecule is Cc1nc(N)n2nc(CN)nc2c1C. The molecule has 0 unspecified atom stereocenters. The summed E-state index contributed by atoms with van der Waals surface area (Å²) in [6, 6.07) is 0. The molecule has 0 aliphatic rings. The number of rotatable bonds is 1. The molecule has 2 heterocycles. The first kappa shape index (κ1) is 8.89. The second-order valence-corrected chi connectivity index (χ2v) is 3.15. The van der Waals surface area contributed by atoms with E-state index in [0.29, 0.717) is 18.3 Å². The lowest BCUT2D eigenvalue weighted by Crippen LogP contribution is -2.05. The summed E-state index contributed by atoms with van der Waals surface area (Å²) in [5.74, 6) is 0.919. The molecule has 0 bridgehead atoms. The highest BCUT2D eigenvalue weighted by atomic mass is 15.4. The van der Waals surface area contributed by atoms with Gasteiger partial charge in [0.05, 0.1) is 6.54 Å². The van der Waals surface area contributed by atoms with Gasteiger partial charge in [0, 0.05) is 11.3 Å². The number of fused-ring (bicyclic) bond motifs is 1. The second kappa shape index (κ2) is 2.91. The Balaban J connectivity index is 2.84. The Morgan fingerprint density at radius 1 is 1.29 bits per heavy atom. The molecule has 0 aliphatic heterocycles. The van der Waals surface area contributed by atoms with Crippen LogP contribution in [0, 0.1) is 13.8 Å². The fraction of sp³-hybridized carbons (Fsp3) is 0.375. The molecular weight excluding hydrogens is 180 g/mol. The summed E-state index contributed by atoms with van der Waals surface area (Å²) in [6.07, 6.45) is 0. The van der Waals surface area contributed by atoms with Crippen LogP contribution in [0.15, 0.2) is 0 Å². The number of aromatic nitrogens is 4. The van der Waals surface area contributed by atoms with Gasteiger partial charge in [0.25, 0.3) is 0 Å². The van der Waals surface area contributed by atoms with Crippen molar-refractivity contribution in [1.29, 1.82) is 0 Å². The van der Waals surface area contributed by atoms with E-state index in [1.807, 2.05) is 13.8 Å². The van der Waals surface area contributed by atoms with Gasteiger partial charge in [-0.15, -0.1) is 5.10 Å². The minimum atomic E-state index is 0.305. The molecule has 6 nitrogen and oxygen atoms in total. The van der Waals surface area contributed by atoms with Gasteiger partial charge in [-0.2, -0.15) is 4.52 Å². The number of hydrogen-bond acceptors (Lipinski definition) is 5. The zero-order chi connectivity index (χ0) is 10.3. The lowest BCUT2D eigenvalue weighted by molar-refractivity contribution is 0.857. The van der Waals surface area contributed by atoms with Crippen LogP contribution in [0.5, 0.6) is 0 Å². The van der Waals surface area contributed by atoms with Crippen molar-refractivity contribution >= 4 is 11.6 Å². The maximum Gasteiger partial charge on any atom is 0.223 e. The van der Waals surface area contributed by atoms with Crippen LogP contribution in [0.1, 0.15) is 17.1 Å². The van der Waals surface area contributed by atoms with E-state index in [9.17, 15) is 0 Å². The predicted octanol–water partition coefficient (Wildman–Crippen LogP) is -0.218.